The third kappa shape index (κ3) is 3.51. The van der Waals surface area contributed by atoms with E-state index in [9.17, 15) is 4.79 Å². The van der Waals surface area contributed by atoms with Crippen LogP contribution in [0.4, 0.5) is 5.69 Å². The molecule has 1 aliphatic heterocycles. The van der Waals surface area contributed by atoms with Crippen molar-refractivity contribution < 1.29 is 4.79 Å². The first kappa shape index (κ1) is 17.5. The van der Waals surface area contributed by atoms with Gasteiger partial charge in [-0.3, -0.25) is 4.79 Å². The summed E-state index contributed by atoms with van der Waals surface area (Å²) in [6.45, 7) is 3.55. The van der Waals surface area contributed by atoms with Crippen molar-refractivity contribution in [1.29, 1.82) is 0 Å². The van der Waals surface area contributed by atoms with Crippen LogP contribution in [-0.4, -0.2) is 19.0 Å². The van der Waals surface area contributed by atoms with Crippen LogP contribution in [0.5, 0.6) is 0 Å². The van der Waals surface area contributed by atoms with Crippen molar-refractivity contribution in [3.63, 3.8) is 0 Å². The number of hydrogen-bond donors (Lipinski definition) is 2. The summed E-state index contributed by atoms with van der Waals surface area (Å²) >= 11 is 0. The molecule has 0 bridgehead atoms. The summed E-state index contributed by atoms with van der Waals surface area (Å²) in [5.41, 5.74) is 3.80. The number of carbonyl (C=O) groups is 1. The van der Waals surface area contributed by atoms with Crippen molar-refractivity contribution in [2.24, 2.45) is 5.41 Å². The van der Waals surface area contributed by atoms with Crippen LogP contribution >= 0.6 is 0 Å². The van der Waals surface area contributed by atoms with Crippen LogP contribution in [0.3, 0.4) is 0 Å². The second-order valence-electron chi connectivity index (χ2n) is 7.41. The first-order chi connectivity index (χ1) is 13.2. The number of rotatable bonds is 4. The Morgan fingerprint density at radius 2 is 1.59 bits per heavy atom. The molecule has 4 rings (SSSR count). The smallest absolute Gasteiger partial charge is 0.232 e. The molecule has 3 aromatic carbocycles. The number of carbonyl (C=O) groups excluding carboxylic acids is 1. The van der Waals surface area contributed by atoms with Gasteiger partial charge in [-0.1, -0.05) is 72.8 Å². The molecule has 1 amide bonds. The van der Waals surface area contributed by atoms with Crippen LogP contribution in [0.1, 0.15) is 18.4 Å². The molecule has 3 heteroatoms. The third-order valence-electron chi connectivity index (χ3n) is 5.56. The fourth-order valence-electron chi connectivity index (χ4n) is 3.92. The van der Waals surface area contributed by atoms with Gasteiger partial charge >= 0.3 is 0 Å². The fraction of sp³-hybridized carbons (Fsp3) is 0.208. The van der Waals surface area contributed by atoms with E-state index < -0.39 is 5.41 Å². The summed E-state index contributed by atoms with van der Waals surface area (Å²) in [6, 6.07) is 28.6. The van der Waals surface area contributed by atoms with Crippen LogP contribution in [0.25, 0.3) is 11.1 Å². The third-order valence-corrected chi connectivity index (χ3v) is 5.56. The number of anilines is 1. The predicted molar refractivity (Wildman–Crippen MR) is 111 cm³/mol. The Morgan fingerprint density at radius 1 is 0.926 bits per heavy atom. The maximum atomic E-state index is 13.2. The van der Waals surface area contributed by atoms with Crippen LogP contribution in [0, 0.1) is 5.41 Å². The normalized spacial score (nSPS) is 21.7. The predicted octanol–water partition coefficient (Wildman–Crippen LogP) is 4.69. The van der Waals surface area contributed by atoms with E-state index in [2.05, 4.69) is 47.9 Å². The minimum atomic E-state index is -0.482. The summed E-state index contributed by atoms with van der Waals surface area (Å²) in [6.07, 6.45) is 0. The lowest BCUT2D eigenvalue weighted by molar-refractivity contribution is -0.124. The van der Waals surface area contributed by atoms with E-state index in [1.807, 2.05) is 54.6 Å². The van der Waals surface area contributed by atoms with Gasteiger partial charge in [0.1, 0.15) is 0 Å². The van der Waals surface area contributed by atoms with Crippen molar-refractivity contribution >= 4 is 11.6 Å². The zero-order valence-electron chi connectivity index (χ0n) is 15.5. The van der Waals surface area contributed by atoms with E-state index in [4.69, 9.17) is 0 Å². The van der Waals surface area contributed by atoms with Crippen LogP contribution in [-0.2, 0) is 4.79 Å². The average molecular weight is 356 g/mol. The molecule has 3 aromatic rings. The second kappa shape index (κ2) is 7.37. The lowest BCUT2D eigenvalue weighted by atomic mass is 9.75. The van der Waals surface area contributed by atoms with E-state index in [1.165, 1.54) is 5.56 Å². The quantitative estimate of drug-likeness (QED) is 0.712. The molecule has 0 spiro atoms. The Labute approximate surface area is 160 Å². The summed E-state index contributed by atoms with van der Waals surface area (Å²) in [5.74, 6) is 0.225. The Hall–Kier alpha value is -2.91. The SMILES string of the molecule is C[C@]1(C(=O)Nc2cccc(-c3ccccc3)c2)CNC[C@@H]1c1ccccc1. The van der Waals surface area contributed by atoms with E-state index in [0.29, 0.717) is 6.54 Å². The minimum Gasteiger partial charge on any atom is -0.326 e. The maximum Gasteiger partial charge on any atom is 0.232 e. The molecule has 0 radical (unpaired) electrons. The zero-order chi connectivity index (χ0) is 18.7. The molecule has 0 aliphatic carbocycles. The van der Waals surface area contributed by atoms with Gasteiger partial charge in [0.25, 0.3) is 0 Å². The Bertz CT molecular complexity index is 923. The molecule has 0 aromatic heterocycles. The van der Waals surface area contributed by atoms with Gasteiger partial charge in [0.15, 0.2) is 0 Å². The minimum absolute atomic E-state index is 0.0616. The highest BCUT2D eigenvalue weighted by Crippen LogP contribution is 2.40. The van der Waals surface area contributed by atoms with Gasteiger partial charge in [0.2, 0.25) is 5.91 Å². The number of nitrogens with one attached hydrogen (secondary N) is 2. The van der Waals surface area contributed by atoms with Gasteiger partial charge in [-0.2, -0.15) is 0 Å². The molecule has 0 saturated carbocycles. The van der Waals surface area contributed by atoms with Gasteiger partial charge in [-0.05, 0) is 35.7 Å². The Balaban J connectivity index is 1.57. The topological polar surface area (TPSA) is 41.1 Å². The summed E-state index contributed by atoms with van der Waals surface area (Å²) in [7, 11) is 0. The lowest BCUT2D eigenvalue weighted by Gasteiger charge is -2.29. The molecule has 136 valence electrons. The first-order valence-corrected chi connectivity index (χ1v) is 9.39. The van der Waals surface area contributed by atoms with Crippen molar-refractivity contribution in [1.82, 2.24) is 5.32 Å². The molecule has 3 nitrogen and oxygen atoms in total. The molecule has 0 unspecified atom stereocenters. The van der Waals surface area contributed by atoms with Gasteiger partial charge in [-0.25, -0.2) is 0 Å². The van der Waals surface area contributed by atoms with Gasteiger partial charge in [-0.15, -0.1) is 0 Å². The first-order valence-electron chi connectivity index (χ1n) is 9.39. The highest BCUT2D eigenvalue weighted by Gasteiger charge is 2.45. The molecule has 2 N–H and O–H groups in total. The van der Waals surface area contributed by atoms with Crippen molar-refractivity contribution in [3.05, 3.63) is 90.5 Å². The second-order valence-corrected chi connectivity index (χ2v) is 7.41. The van der Waals surface area contributed by atoms with E-state index in [1.54, 1.807) is 0 Å². The fourth-order valence-corrected chi connectivity index (χ4v) is 3.92. The van der Waals surface area contributed by atoms with Crippen LogP contribution < -0.4 is 10.6 Å². The van der Waals surface area contributed by atoms with E-state index in [-0.39, 0.29) is 11.8 Å². The molecule has 1 fully saturated rings. The van der Waals surface area contributed by atoms with Gasteiger partial charge in [0.05, 0.1) is 5.41 Å². The summed E-state index contributed by atoms with van der Waals surface area (Å²) in [5, 5.41) is 6.56. The number of hydrogen-bond acceptors (Lipinski definition) is 2. The Kier molecular flexibility index (Phi) is 4.78. The van der Waals surface area contributed by atoms with Crippen LogP contribution in [0.15, 0.2) is 84.9 Å². The molecule has 2 atom stereocenters. The summed E-state index contributed by atoms with van der Waals surface area (Å²) in [4.78, 5) is 13.2. The van der Waals surface area contributed by atoms with E-state index in [0.717, 1.165) is 23.4 Å². The largest absolute Gasteiger partial charge is 0.326 e. The lowest BCUT2D eigenvalue weighted by Crippen LogP contribution is -2.39. The molecular formula is C24H24N2O. The van der Waals surface area contributed by atoms with Gasteiger partial charge < -0.3 is 10.6 Å². The Morgan fingerprint density at radius 3 is 2.33 bits per heavy atom. The molecule has 27 heavy (non-hydrogen) atoms. The molecule has 1 saturated heterocycles. The highest BCUT2D eigenvalue weighted by molar-refractivity contribution is 5.96. The van der Waals surface area contributed by atoms with Crippen LogP contribution in [0.2, 0.25) is 0 Å². The summed E-state index contributed by atoms with van der Waals surface area (Å²) < 4.78 is 0. The molecule has 1 aliphatic rings. The van der Waals surface area contributed by atoms with Gasteiger partial charge in [0, 0.05) is 24.7 Å². The zero-order valence-corrected chi connectivity index (χ0v) is 15.5. The van der Waals surface area contributed by atoms with Crippen molar-refractivity contribution in [3.8, 4) is 11.1 Å². The maximum absolute atomic E-state index is 13.2. The van der Waals surface area contributed by atoms with Crippen molar-refractivity contribution in [2.75, 3.05) is 18.4 Å². The van der Waals surface area contributed by atoms with E-state index >= 15 is 0 Å². The number of amides is 1. The molecule has 1 heterocycles. The molecular weight excluding hydrogens is 332 g/mol. The average Bonchev–Trinajstić information content (AvgIpc) is 3.12. The standard InChI is InChI=1S/C24H24N2O/c1-24(17-25-16-22(24)19-11-6-3-7-12-19)23(27)26-21-14-8-13-20(15-21)18-9-4-2-5-10-18/h2-15,22,25H,16-17H2,1H3,(H,26,27)/t22-,24+/m1/s1. The van der Waals surface area contributed by atoms with Crippen molar-refractivity contribution in [2.45, 2.75) is 12.8 Å². The number of benzene rings is 3. The highest BCUT2D eigenvalue weighted by atomic mass is 16.2. The monoisotopic (exact) mass is 356 g/mol.